The van der Waals surface area contributed by atoms with Crippen molar-refractivity contribution in [1.82, 2.24) is 0 Å². The van der Waals surface area contributed by atoms with E-state index in [1.807, 2.05) is 13.0 Å². The van der Waals surface area contributed by atoms with Crippen LogP contribution in [0.1, 0.15) is 66.2 Å². The molecule has 0 amide bonds. The number of hydrogen-bond donors (Lipinski definition) is 2. The lowest BCUT2D eigenvalue weighted by atomic mass is 9.44. The van der Waals surface area contributed by atoms with Gasteiger partial charge in [-0.15, -0.1) is 0 Å². The average molecular weight is 360 g/mol. The molecule has 0 aromatic carbocycles. The van der Waals surface area contributed by atoms with Gasteiger partial charge in [0.25, 0.3) is 0 Å². The average Bonchev–Trinajstić information content (AvgIpc) is 2.81. The number of carbonyl (C=O) groups excluding carboxylic acids is 2. The smallest absolute Gasteiger partial charge is 0.161 e. The number of hydrogen-bond acceptors (Lipinski definition) is 4. The predicted molar refractivity (Wildman–Crippen MR) is 98.3 cm³/mol. The van der Waals surface area contributed by atoms with Gasteiger partial charge in [0.05, 0.1) is 6.10 Å². The van der Waals surface area contributed by atoms with Crippen molar-refractivity contribution in [3.05, 3.63) is 11.6 Å². The van der Waals surface area contributed by atoms with E-state index in [2.05, 4.69) is 13.8 Å². The highest BCUT2D eigenvalue weighted by molar-refractivity contribution is 5.91. The van der Waals surface area contributed by atoms with Crippen LogP contribution in [0.4, 0.5) is 0 Å². The molecule has 4 rings (SSSR count). The zero-order chi connectivity index (χ0) is 19.1. The zero-order valence-corrected chi connectivity index (χ0v) is 16.4. The first-order chi connectivity index (χ1) is 12.0. The molecular formula is C22H32O4. The second-order valence-electron chi connectivity index (χ2n) is 10.1. The third-order valence-electron chi connectivity index (χ3n) is 8.95. The van der Waals surface area contributed by atoms with E-state index in [1.54, 1.807) is 0 Å². The van der Waals surface area contributed by atoms with Crippen LogP contribution in [0, 0.1) is 34.5 Å². The first-order valence-electron chi connectivity index (χ1n) is 10.2. The van der Waals surface area contributed by atoms with Crippen molar-refractivity contribution in [3.63, 3.8) is 0 Å². The van der Waals surface area contributed by atoms with Crippen LogP contribution in [0.2, 0.25) is 0 Å². The molecule has 3 unspecified atom stereocenters. The van der Waals surface area contributed by atoms with E-state index in [1.165, 1.54) is 12.5 Å². The van der Waals surface area contributed by atoms with Gasteiger partial charge in [-0.2, -0.15) is 0 Å². The number of aliphatic hydroxyl groups is 2. The molecule has 3 fully saturated rings. The Bertz CT molecular complexity index is 696. The minimum absolute atomic E-state index is 0.116. The van der Waals surface area contributed by atoms with E-state index in [-0.39, 0.29) is 28.8 Å². The molecule has 0 aromatic rings. The van der Waals surface area contributed by atoms with E-state index in [4.69, 9.17) is 0 Å². The van der Waals surface area contributed by atoms with Crippen LogP contribution in [0.3, 0.4) is 0 Å². The number of Topliss-reactive ketones (excluding diaryl/α,β-unsaturated/α-hetero) is 1. The summed E-state index contributed by atoms with van der Waals surface area (Å²) in [5, 5.41) is 22.5. The van der Waals surface area contributed by atoms with Gasteiger partial charge in [0.15, 0.2) is 11.6 Å². The minimum Gasteiger partial charge on any atom is -0.393 e. The summed E-state index contributed by atoms with van der Waals surface area (Å²) in [4.78, 5) is 24.3. The standard InChI is InChI=1S/C22H32O4/c1-12-9-15-16-6-8-22(26,13(2)23)21(16,4)11-18(25)19(15)20(3)7-5-14(24)10-17(12)20/h10,12,15-16,18-19,25-26H,5-9,11H2,1-4H3/t12-,15?,16?,18-,19?,20-,21-,22-/m0/s1. The molecule has 0 spiro atoms. The van der Waals surface area contributed by atoms with Crippen LogP contribution in [0.5, 0.6) is 0 Å². The Kier molecular flexibility index (Phi) is 3.89. The number of ketones is 2. The van der Waals surface area contributed by atoms with E-state index in [0.29, 0.717) is 31.1 Å². The lowest BCUT2D eigenvalue weighted by Gasteiger charge is -2.61. The van der Waals surface area contributed by atoms with Crippen molar-refractivity contribution >= 4 is 11.6 Å². The van der Waals surface area contributed by atoms with Crippen molar-refractivity contribution in [1.29, 1.82) is 0 Å². The van der Waals surface area contributed by atoms with Gasteiger partial charge in [-0.1, -0.05) is 26.3 Å². The van der Waals surface area contributed by atoms with Crippen molar-refractivity contribution in [2.24, 2.45) is 34.5 Å². The fourth-order valence-electron chi connectivity index (χ4n) is 7.70. The van der Waals surface area contributed by atoms with E-state index < -0.39 is 17.1 Å². The highest BCUT2D eigenvalue weighted by Gasteiger charge is 2.68. The van der Waals surface area contributed by atoms with Crippen molar-refractivity contribution in [3.8, 4) is 0 Å². The summed E-state index contributed by atoms with van der Waals surface area (Å²) < 4.78 is 0. The molecule has 8 atom stereocenters. The minimum atomic E-state index is -1.31. The fraction of sp³-hybridized carbons (Fsp3) is 0.818. The van der Waals surface area contributed by atoms with Gasteiger partial charge in [-0.05, 0) is 74.2 Å². The summed E-state index contributed by atoms with van der Waals surface area (Å²) in [5.41, 5.74) is -0.792. The molecule has 4 aliphatic rings. The lowest BCUT2D eigenvalue weighted by Crippen LogP contribution is -2.62. The molecule has 2 N–H and O–H groups in total. The van der Waals surface area contributed by atoms with Crippen molar-refractivity contribution in [2.45, 2.75) is 77.9 Å². The molecule has 26 heavy (non-hydrogen) atoms. The number of fused-ring (bicyclic) bond motifs is 5. The lowest BCUT2D eigenvalue weighted by molar-refractivity contribution is -0.181. The summed E-state index contributed by atoms with van der Waals surface area (Å²) >= 11 is 0. The third-order valence-corrected chi connectivity index (χ3v) is 8.95. The Balaban J connectivity index is 1.79. The highest BCUT2D eigenvalue weighted by Crippen LogP contribution is 2.68. The molecule has 0 aromatic heterocycles. The number of allylic oxidation sites excluding steroid dienone is 1. The molecule has 0 aliphatic heterocycles. The molecule has 4 heteroatoms. The highest BCUT2D eigenvalue weighted by atomic mass is 16.3. The molecule has 0 radical (unpaired) electrons. The van der Waals surface area contributed by atoms with Crippen LogP contribution in [-0.2, 0) is 9.59 Å². The summed E-state index contributed by atoms with van der Waals surface area (Å²) in [5.74, 6) is 1.03. The number of rotatable bonds is 1. The maximum Gasteiger partial charge on any atom is 0.161 e. The van der Waals surface area contributed by atoms with Gasteiger partial charge in [-0.3, -0.25) is 9.59 Å². The Morgan fingerprint density at radius 2 is 1.96 bits per heavy atom. The maximum absolute atomic E-state index is 12.3. The van der Waals surface area contributed by atoms with Gasteiger partial charge in [0, 0.05) is 11.8 Å². The van der Waals surface area contributed by atoms with E-state index in [0.717, 1.165) is 19.3 Å². The van der Waals surface area contributed by atoms with Crippen LogP contribution in [0.25, 0.3) is 0 Å². The quantitative estimate of drug-likeness (QED) is 0.754. The Labute approximate surface area is 156 Å². The van der Waals surface area contributed by atoms with Gasteiger partial charge in [-0.25, -0.2) is 0 Å². The van der Waals surface area contributed by atoms with E-state index >= 15 is 0 Å². The fourth-order valence-corrected chi connectivity index (χ4v) is 7.70. The predicted octanol–water partition coefficient (Wildman–Crippen LogP) is 3.06. The Hall–Kier alpha value is -1.00. The van der Waals surface area contributed by atoms with Crippen LogP contribution >= 0.6 is 0 Å². The van der Waals surface area contributed by atoms with Crippen LogP contribution in [-0.4, -0.2) is 33.5 Å². The van der Waals surface area contributed by atoms with Gasteiger partial charge in [0.1, 0.15) is 5.60 Å². The normalized spacial score (nSPS) is 53.4. The monoisotopic (exact) mass is 360 g/mol. The summed E-state index contributed by atoms with van der Waals surface area (Å²) in [6.07, 6.45) is 5.44. The van der Waals surface area contributed by atoms with Crippen molar-refractivity contribution in [2.75, 3.05) is 0 Å². The van der Waals surface area contributed by atoms with Gasteiger partial charge in [0.2, 0.25) is 0 Å². The largest absolute Gasteiger partial charge is 0.393 e. The van der Waals surface area contributed by atoms with E-state index in [9.17, 15) is 19.8 Å². The number of aliphatic hydroxyl groups excluding tert-OH is 1. The van der Waals surface area contributed by atoms with Gasteiger partial charge < -0.3 is 10.2 Å². The molecule has 0 saturated heterocycles. The second-order valence-corrected chi connectivity index (χ2v) is 10.1. The second kappa shape index (κ2) is 5.51. The zero-order valence-electron chi connectivity index (χ0n) is 16.4. The molecular weight excluding hydrogens is 328 g/mol. The Morgan fingerprint density at radius 3 is 2.62 bits per heavy atom. The molecule has 4 aliphatic carbocycles. The third kappa shape index (κ3) is 2.09. The molecule has 3 saturated carbocycles. The molecule has 4 nitrogen and oxygen atoms in total. The Morgan fingerprint density at radius 1 is 1.27 bits per heavy atom. The molecule has 0 heterocycles. The van der Waals surface area contributed by atoms with Gasteiger partial charge >= 0.3 is 0 Å². The van der Waals surface area contributed by atoms with Crippen LogP contribution < -0.4 is 0 Å². The first kappa shape index (κ1) is 18.4. The maximum atomic E-state index is 12.3. The summed E-state index contributed by atoms with van der Waals surface area (Å²) in [7, 11) is 0. The SMILES string of the molecule is CC(=O)[C@@]1(O)CCC2C3C[C@H](C)C4=CC(=O)CC[C@]4(C)C3[C@@H](O)C[C@@]21C. The van der Waals surface area contributed by atoms with Crippen LogP contribution in [0.15, 0.2) is 11.6 Å². The molecule has 144 valence electrons. The topological polar surface area (TPSA) is 74.6 Å². The van der Waals surface area contributed by atoms with Crippen molar-refractivity contribution < 1.29 is 19.8 Å². The first-order valence-corrected chi connectivity index (χ1v) is 10.2. The summed E-state index contributed by atoms with van der Waals surface area (Å²) in [6.45, 7) is 7.94. The number of carbonyl (C=O) groups is 2. The summed E-state index contributed by atoms with van der Waals surface area (Å²) in [6, 6.07) is 0. The molecule has 0 bridgehead atoms.